The third-order valence-electron chi connectivity index (χ3n) is 3.42. The second-order valence-corrected chi connectivity index (χ2v) is 6.32. The van der Waals surface area contributed by atoms with Crippen LogP contribution in [0.5, 0.6) is 0 Å². The van der Waals surface area contributed by atoms with Crippen LogP contribution in [-0.4, -0.2) is 42.1 Å². The van der Waals surface area contributed by atoms with E-state index in [9.17, 15) is 14.4 Å². The van der Waals surface area contributed by atoms with E-state index in [-0.39, 0.29) is 11.8 Å². The van der Waals surface area contributed by atoms with E-state index in [0.717, 1.165) is 0 Å². The first-order valence-electron chi connectivity index (χ1n) is 6.57. The highest BCUT2D eigenvalue weighted by atomic mass is 16.6. The molecule has 1 aliphatic heterocycles. The Morgan fingerprint density at radius 3 is 2.60 bits per heavy atom. The first kappa shape index (κ1) is 16.3. The van der Waals surface area contributed by atoms with Gasteiger partial charge in [-0.1, -0.05) is 6.92 Å². The fourth-order valence-electron chi connectivity index (χ4n) is 2.15. The molecule has 7 heteroatoms. The number of rotatable bonds is 4. The van der Waals surface area contributed by atoms with Crippen molar-refractivity contribution in [1.82, 2.24) is 16.0 Å². The molecular formula is C13H23N3O4. The van der Waals surface area contributed by atoms with Gasteiger partial charge in [0.25, 0.3) is 0 Å². The summed E-state index contributed by atoms with van der Waals surface area (Å²) in [6.45, 7) is 9.22. The van der Waals surface area contributed by atoms with Crippen molar-refractivity contribution in [2.24, 2.45) is 5.92 Å². The lowest BCUT2D eigenvalue weighted by molar-refractivity contribution is -0.121. The van der Waals surface area contributed by atoms with E-state index in [2.05, 4.69) is 16.0 Å². The molecule has 3 N–H and O–H groups in total. The molecular weight excluding hydrogens is 262 g/mol. The third kappa shape index (κ3) is 3.85. The van der Waals surface area contributed by atoms with E-state index < -0.39 is 23.3 Å². The predicted molar refractivity (Wildman–Crippen MR) is 72.9 cm³/mol. The number of alkyl carbamates (subject to hydrolysis) is 1. The fourth-order valence-corrected chi connectivity index (χ4v) is 2.15. The van der Waals surface area contributed by atoms with E-state index in [4.69, 9.17) is 4.74 Å². The fraction of sp³-hybridized carbons (Fsp3) is 0.769. The van der Waals surface area contributed by atoms with Crippen LogP contribution in [0.1, 0.15) is 34.6 Å². The van der Waals surface area contributed by atoms with Gasteiger partial charge < -0.3 is 20.7 Å². The molecule has 0 saturated carbocycles. The molecule has 0 radical (unpaired) electrons. The SMILES string of the molecule is CC1C(NC(=O)OC(C)(C)C)C(=O)NC1(C)CNC=O. The lowest BCUT2D eigenvalue weighted by Gasteiger charge is -2.30. The van der Waals surface area contributed by atoms with Gasteiger partial charge in [-0.3, -0.25) is 9.59 Å². The molecule has 1 heterocycles. The van der Waals surface area contributed by atoms with Crippen LogP contribution in [0.3, 0.4) is 0 Å². The minimum absolute atomic E-state index is 0.185. The zero-order chi connectivity index (χ0) is 15.6. The van der Waals surface area contributed by atoms with Crippen molar-refractivity contribution in [3.05, 3.63) is 0 Å². The molecule has 3 atom stereocenters. The monoisotopic (exact) mass is 285 g/mol. The third-order valence-corrected chi connectivity index (χ3v) is 3.42. The maximum atomic E-state index is 12.0. The molecule has 7 nitrogen and oxygen atoms in total. The van der Waals surface area contributed by atoms with Gasteiger partial charge in [-0.2, -0.15) is 0 Å². The number of hydrogen-bond acceptors (Lipinski definition) is 4. The van der Waals surface area contributed by atoms with Crippen molar-refractivity contribution in [1.29, 1.82) is 0 Å². The lowest BCUT2D eigenvalue weighted by atomic mass is 9.86. The molecule has 0 spiro atoms. The summed E-state index contributed by atoms with van der Waals surface area (Å²) in [4.78, 5) is 34.1. The molecule has 1 fully saturated rings. The number of amides is 3. The number of nitrogens with one attached hydrogen (secondary N) is 3. The van der Waals surface area contributed by atoms with Gasteiger partial charge in [0.15, 0.2) is 0 Å². The average molecular weight is 285 g/mol. The van der Waals surface area contributed by atoms with Gasteiger partial charge in [-0.05, 0) is 27.7 Å². The Kier molecular flexibility index (Phi) is 4.62. The molecule has 114 valence electrons. The molecule has 1 saturated heterocycles. The van der Waals surface area contributed by atoms with Gasteiger partial charge in [-0.15, -0.1) is 0 Å². The topological polar surface area (TPSA) is 96.5 Å². The van der Waals surface area contributed by atoms with Crippen LogP contribution in [0.2, 0.25) is 0 Å². The summed E-state index contributed by atoms with van der Waals surface area (Å²) in [5, 5.41) is 7.93. The van der Waals surface area contributed by atoms with Gasteiger partial charge in [-0.25, -0.2) is 4.79 Å². The van der Waals surface area contributed by atoms with E-state index in [1.165, 1.54) is 0 Å². The van der Waals surface area contributed by atoms with Crippen LogP contribution in [0.15, 0.2) is 0 Å². The van der Waals surface area contributed by atoms with Crippen molar-refractivity contribution >= 4 is 18.4 Å². The van der Waals surface area contributed by atoms with Crippen molar-refractivity contribution in [3.8, 4) is 0 Å². The highest BCUT2D eigenvalue weighted by molar-refractivity contribution is 5.89. The summed E-state index contributed by atoms with van der Waals surface area (Å²) in [5.41, 5.74) is -1.22. The standard InChI is InChI=1S/C13H23N3O4/c1-8-9(15-11(19)20-12(2,3)4)10(18)16-13(8,5)6-14-7-17/h7-9H,6H2,1-5H3,(H,14,17)(H,15,19)(H,16,18). The highest BCUT2D eigenvalue weighted by Gasteiger charge is 2.48. The first-order chi connectivity index (χ1) is 9.09. The summed E-state index contributed by atoms with van der Waals surface area (Å²) >= 11 is 0. The average Bonchev–Trinajstić information content (AvgIpc) is 2.49. The van der Waals surface area contributed by atoms with Crippen LogP contribution in [-0.2, 0) is 14.3 Å². The zero-order valence-corrected chi connectivity index (χ0v) is 12.6. The molecule has 1 aliphatic rings. The van der Waals surface area contributed by atoms with Crippen LogP contribution < -0.4 is 16.0 Å². The van der Waals surface area contributed by atoms with Gasteiger partial charge in [0.1, 0.15) is 11.6 Å². The van der Waals surface area contributed by atoms with Crippen molar-refractivity contribution in [2.75, 3.05) is 6.54 Å². The van der Waals surface area contributed by atoms with E-state index in [1.807, 2.05) is 13.8 Å². The molecule has 0 aliphatic carbocycles. The van der Waals surface area contributed by atoms with Crippen molar-refractivity contribution in [3.63, 3.8) is 0 Å². The van der Waals surface area contributed by atoms with E-state index in [1.54, 1.807) is 20.8 Å². The molecule has 0 aromatic rings. The first-order valence-corrected chi connectivity index (χ1v) is 6.57. The molecule has 0 aromatic heterocycles. The number of carbonyl (C=O) groups is 3. The van der Waals surface area contributed by atoms with Crippen LogP contribution in [0.25, 0.3) is 0 Å². The Morgan fingerprint density at radius 1 is 1.50 bits per heavy atom. The number of carbonyl (C=O) groups excluding carboxylic acids is 3. The van der Waals surface area contributed by atoms with E-state index >= 15 is 0 Å². The largest absolute Gasteiger partial charge is 0.444 e. The highest BCUT2D eigenvalue weighted by Crippen LogP contribution is 2.27. The number of ether oxygens (including phenoxy) is 1. The second kappa shape index (κ2) is 5.68. The Balaban J connectivity index is 2.70. The molecule has 0 bridgehead atoms. The molecule has 0 aromatic carbocycles. The maximum absolute atomic E-state index is 12.0. The van der Waals surface area contributed by atoms with Crippen LogP contribution >= 0.6 is 0 Å². The van der Waals surface area contributed by atoms with Crippen molar-refractivity contribution < 1.29 is 19.1 Å². The number of hydrogen-bond donors (Lipinski definition) is 3. The second-order valence-electron chi connectivity index (χ2n) is 6.32. The molecule has 3 unspecified atom stereocenters. The smallest absolute Gasteiger partial charge is 0.408 e. The lowest BCUT2D eigenvalue weighted by Crippen LogP contribution is -2.50. The molecule has 3 amide bonds. The van der Waals surface area contributed by atoms with Gasteiger partial charge in [0, 0.05) is 12.5 Å². The van der Waals surface area contributed by atoms with Gasteiger partial charge >= 0.3 is 6.09 Å². The zero-order valence-electron chi connectivity index (χ0n) is 12.6. The molecule has 20 heavy (non-hydrogen) atoms. The minimum atomic E-state index is -0.677. The van der Waals surface area contributed by atoms with Gasteiger partial charge in [0.05, 0.1) is 5.54 Å². The summed E-state index contributed by atoms with van der Waals surface area (Å²) in [6, 6.07) is -0.677. The Hall–Kier alpha value is -1.79. The Bertz CT molecular complexity index is 405. The predicted octanol–water partition coefficient (Wildman–Crippen LogP) is 0.150. The van der Waals surface area contributed by atoms with E-state index in [0.29, 0.717) is 13.0 Å². The van der Waals surface area contributed by atoms with Crippen molar-refractivity contribution in [2.45, 2.75) is 51.8 Å². The summed E-state index contributed by atoms with van der Waals surface area (Å²) in [5.74, 6) is -0.464. The summed E-state index contributed by atoms with van der Waals surface area (Å²) in [7, 11) is 0. The Labute approximate surface area is 118 Å². The normalized spacial score (nSPS) is 29.6. The summed E-state index contributed by atoms with van der Waals surface area (Å²) < 4.78 is 5.14. The Morgan fingerprint density at radius 2 is 2.10 bits per heavy atom. The van der Waals surface area contributed by atoms with Crippen LogP contribution in [0, 0.1) is 5.92 Å². The molecule has 1 rings (SSSR count). The summed E-state index contributed by atoms with van der Waals surface area (Å²) in [6.07, 6.45) is -0.0456. The van der Waals surface area contributed by atoms with Crippen LogP contribution in [0.4, 0.5) is 4.79 Å². The quantitative estimate of drug-likeness (QED) is 0.641. The maximum Gasteiger partial charge on any atom is 0.408 e. The minimum Gasteiger partial charge on any atom is -0.444 e. The van der Waals surface area contributed by atoms with Gasteiger partial charge in [0.2, 0.25) is 12.3 Å².